The zero-order valence-corrected chi connectivity index (χ0v) is 15.2. The molecule has 0 aliphatic carbocycles. The third kappa shape index (κ3) is 3.22. The van der Waals surface area contributed by atoms with Crippen molar-refractivity contribution in [3.05, 3.63) is 47.4 Å². The van der Waals surface area contributed by atoms with Gasteiger partial charge in [0, 0.05) is 31.3 Å². The monoisotopic (exact) mass is 376 g/mol. The third-order valence-electron chi connectivity index (χ3n) is 4.40. The van der Waals surface area contributed by atoms with Crippen molar-refractivity contribution in [1.82, 2.24) is 14.7 Å². The van der Waals surface area contributed by atoms with Gasteiger partial charge in [0.15, 0.2) is 0 Å². The average molecular weight is 377 g/mol. The molecule has 0 radical (unpaired) electrons. The van der Waals surface area contributed by atoms with Crippen LogP contribution in [-0.2, 0) is 16.6 Å². The predicted octanol–water partition coefficient (Wildman–Crippen LogP) is 2.77. The number of rotatable bonds is 4. The Balaban J connectivity index is 1.84. The quantitative estimate of drug-likeness (QED) is 0.834. The van der Waals surface area contributed by atoms with Crippen LogP contribution in [0.2, 0.25) is 5.02 Å². The second kappa shape index (κ2) is 6.92. The maximum Gasteiger partial charge on any atom is 0.246 e. The minimum atomic E-state index is -0.438. The van der Waals surface area contributed by atoms with E-state index in [1.165, 1.54) is 18.2 Å². The van der Waals surface area contributed by atoms with Gasteiger partial charge in [0.05, 0.1) is 16.6 Å². The van der Waals surface area contributed by atoms with E-state index in [1.54, 1.807) is 29.6 Å². The topological polar surface area (TPSA) is 67.2 Å². The molecule has 1 N–H and O–H groups in total. The molecule has 1 fully saturated rings. The van der Waals surface area contributed by atoms with E-state index in [4.69, 9.17) is 11.6 Å². The number of halogens is 2. The molecule has 2 heterocycles. The summed E-state index contributed by atoms with van der Waals surface area (Å²) in [7, 11) is 1.71. The van der Waals surface area contributed by atoms with Crippen molar-refractivity contribution in [3.8, 4) is 11.1 Å². The molecule has 6 nitrogen and oxygen atoms in total. The van der Waals surface area contributed by atoms with Gasteiger partial charge >= 0.3 is 0 Å². The molecule has 136 valence electrons. The molecule has 2 amide bonds. The van der Waals surface area contributed by atoms with Crippen LogP contribution in [0.1, 0.15) is 5.69 Å². The highest BCUT2D eigenvalue weighted by Gasteiger charge is 2.35. The van der Waals surface area contributed by atoms with Crippen LogP contribution in [0.3, 0.4) is 0 Å². The van der Waals surface area contributed by atoms with E-state index in [0.717, 1.165) is 0 Å². The predicted molar refractivity (Wildman–Crippen MR) is 97.2 cm³/mol. The molecule has 2 aromatic rings. The summed E-state index contributed by atoms with van der Waals surface area (Å²) in [6.45, 7) is 5.92. The highest BCUT2D eigenvalue weighted by atomic mass is 35.5. The molecule has 1 aromatic carbocycles. The number of amides is 2. The number of nitrogens with zero attached hydrogens (tertiary/aromatic N) is 3. The summed E-state index contributed by atoms with van der Waals surface area (Å²) in [6.07, 6.45) is 1.23. The van der Waals surface area contributed by atoms with Gasteiger partial charge in [-0.15, -0.1) is 0 Å². The van der Waals surface area contributed by atoms with Crippen LogP contribution >= 0.6 is 11.6 Å². The summed E-state index contributed by atoms with van der Waals surface area (Å²) >= 11 is 6.18. The molecule has 1 saturated heterocycles. The van der Waals surface area contributed by atoms with E-state index >= 15 is 0 Å². The Labute approximate surface area is 155 Å². The lowest BCUT2D eigenvalue weighted by Gasteiger charge is -2.37. The van der Waals surface area contributed by atoms with E-state index in [9.17, 15) is 14.0 Å². The first kappa shape index (κ1) is 18.1. The molecule has 0 bridgehead atoms. The first-order valence-corrected chi connectivity index (χ1v) is 8.40. The number of carbonyl (C=O) groups excluding carboxylic acids is 2. The fourth-order valence-electron chi connectivity index (χ4n) is 2.99. The number of benzene rings is 1. The maximum atomic E-state index is 13.4. The lowest BCUT2D eigenvalue weighted by Crippen LogP contribution is -2.54. The van der Waals surface area contributed by atoms with Gasteiger partial charge in [-0.1, -0.05) is 18.2 Å². The Morgan fingerprint density at radius 3 is 2.73 bits per heavy atom. The Morgan fingerprint density at radius 2 is 2.12 bits per heavy atom. The van der Waals surface area contributed by atoms with E-state index in [-0.39, 0.29) is 22.8 Å². The van der Waals surface area contributed by atoms with Gasteiger partial charge in [-0.25, -0.2) is 4.39 Å². The van der Waals surface area contributed by atoms with Gasteiger partial charge in [0.25, 0.3) is 0 Å². The summed E-state index contributed by atoms with van der Waals surface area (Å²) in [6, 6.07) is 4.09. The Bertz CT molecular complexity index is 903. The molecule has 0 unspecified atom stereocenters. The molecule has 1 aliphatic rings. The number of carbonyl (C=O) groups is 2. The number of likely N-dealkylation sites (tertiary alicyclic amines) is 1. The maximum absolute atomic E-state index is 13.4. The summed E-state index contributed by atoms with van der Waals surface area (Å²) in [5, 5.41) is 7.44. The van der Waals surface area contributed by atoms with Crippen LogP contribution in [0, 0.1) is 18.7 Å². The van der Waals surface area contributed by atoms with Crippen LogP contribution in [0.4, 0.5) is 10.2 Å². The molecule has 1 aliphatic heterocycles. The van der Waals surface area contributed by atoms with E-state index in [2.05, 4.69) is 17.0 Å². The van der Waals surface area contributed by atoms with Crippen molar-refractivity contribution in [3.63, 3.8) is 0 Å². The van der Waals surface area contributed by atoms with Crippen LogP contribution in [0.5, 0.6) is 0 Å². The first-order valence-electron chi connectivity index (χ1n) is 8.03. The summed E-state index contributed by atoms with van der Waals surface area (Å²) in [5.41, 5.74) is 1.89. The van der Waals surface area contributed by atoms with Crippen molar-refractivity contribution >= 4 is 29.2 Å². The largest absolute Gasteiger partial charge is 0.337 e. The standard InChI is InChI=1S/C18H18ClFN4O2/c1-4-15(25)24-8-11(9-24)18(26)21-17-16(10(2)22-23(17)3)13-6-5-12(20)7-14(13)19/h4-7,11H,1,8-9H2,2-3H3,(H,21,26). The van der Waals surface area contributed by atoms with E-state index in [0.29, 0.717) is 35.7 Å². The third-order valence-corrected chi connectivity index (χ3v) is 4.72. The van der Waals surface area contributed by atoms with Crippen molar-refractivity contribution in [1.29, 1.82) is 0 Å². The van der Waals surface area contributed by atoms with Crippen LogP contribution in [0.15, 0.2) is 30.9 Å². The number of aryl methyl sites for hydroxylation is 2. The lowest BCUT2D eigenvalue weighted by atomic mass is 9.98. The fourth-order valence-corrected chi connectivity index (χ4v) is 3.25. The smallest absolute Gasteiger partial charge is 0.246 e. The number of anilines is 1. The Morgan fingerprint density at radius 1 is 1.42 bits per heavy atom. The van der Waals surface area contributed by atoms with E-state index < -0.39 is 5.82 Å². The zero-order valence-electron chi connectivity index (χ0n) is 14.4. The van der Waals surface area contributed by atoms with Crippen LogP contribution in [-0.4, -0.2) is 39.6 Å². The first-order chi connectivity index (χ1) is 12.3. The number of hydrogen-bond acceptors (Lipinski definition) is 3. The van der Waals surface area contributed by atoms with Gasteiger partial charge in [0.1, 0.15) is 11.6 Å². The van der Waals surface area contributed by atoms with Gasteiger partial charge in [-0.05, 0) is 31.2 Å². The van der Waals surface area contributed by atoms with Crippen molar-refractivity contribution < 1.29 is 14.0 Å². The molecule has 26 heavy (non-hydrogen) atoms. The molecule has 0 saturated carbocycles. The highest BCUT2D eigenvalue weighted by Crippen LogP contribution is 2.36. The summed E-state index contributed by atoms with van der Waals surface area (Å²) in [5.74, 6) is -0.655. The van der Waals surface area contributed by atoms with E-state index in [1.807, 2.05) is 0 Å². The molecule has 3 rings (SSSR count). The number of aromatic nitrogens is 2. The van der Waals surface area contributed by atoms with Gasteiger partial charge in [0.2, 0.25) is 11.8 Å². The summed E-state index contributed by atoms with van der Waals surface area (Å²) < 4.78 is 14.9. The average Bonchev–Trinajstić information content (AvgIpc) is 2.80. The van der Waals surface area contributed by atoms with Gasteiger partial charge < -0.3 is 10.2 Å². The van der Waals surface area contributed by atoms with Crippen molar-refractivity contribution in [2.75, 3.05) is 18.4 Å². The van der Waals surface area contributed by atoms with Crippen molar-refractivity contribution in [2.45, 2.75) is 6.92 Å². The van der Waals surface area contributed by atoms with Crippen LogP contribution in [0.25, 0.3) is 11.1 Å². The molecule has 0 atom stereocenters. The lowest BCUT2D eigenvalue weighted by molar-refractivity contribution is -0.137. The molecule has 8 heteroatoms. The fraction of sp³-hybridized carbons (Fsp3) is 0.278. The second-order valence-corrected chi connectivity index (χ2v) is 6.60. The number of nitrogens with one attached hydrogen (secondary N) is 1. The molecular weight excluding hydrogens is 359 g/mol. The SMILES string of the molecule is C=CC(=O)N1CC(C(=O)Nc2c(-c3ccc(F)cc3Cl)c(C)nn2C)C1. The number of hydrogen-bond donors (Lipinski definition) is 1. The Kier molecular flexibility index (Phi) is 4.82. The zero-order chi connectivity index (χ0) is 19.0. The van der Waals surface area contributed by atoms with Gasteiger partial charge in [-0.3, -0.25) is 14.3 Å². The van der Waals surface area contributed by atoms with Gasteiger partial charge in [-0.2, -0.15) is 5.10 Å². The normalized spacial score (nSPS) is 14.1. The highest BCUT2D eigenvalue weighted by molar-refractivity contribution is 6.33. The van der Waals surface area contributed by atoms with Crippen molar-refractivity contribution in [2.24, 2.45) is 13.0 Å². The minimum Gasteiger partial charge on any atom is -0.337 e. The second-order valence-electron chi connectivity index (χ2n) is 6.19. The molecule has 0 spiro atoms. The summed E-state index contributed by atoms with van der Waals surface area (Å²) in [4.78, 5) is 25.6. The molecular formula is C18H18ClFN4O2. The Hall–Kier alpha value is -2.67. The molecule has 1 aromatic heterocycles. The minimum absolute atomic E-state index is 0.191. The van der Waals surface area contributed by atoms with Crippen LogP contribution < -0.4 is 5.32 Å².